The number of aromatic nitrogens is 1. The second kappa shape index (κ2) is 4.20. The van der Waals surface area contributed by atoms with Crippen LogP contribution in [0, 0.1) is 5.92 Å². The molecule has 2 atom stereocenters. The molecule has 1 aromatic heterocycles. The molecule has 0 bridgehead atoms. The van der Waals surface area contributed by atoms with Crippen molar-refractivity contribution < 1.29 is 4.39 Å². The number of piperidine rings is 1. The summed E-state index contributed by atoms with van der Waals surface area (Å²) in [6.07, 6.45) is 5.56. The van der Waals surface area contributed by atoms with E-state index in [-0.39, 0.29) is 6.67 Å². The summed E-state index contributed by atoms with van der Waals surface area (Å²) in [4.78, 5) is 2.59. The van der Waals surface area contributed by atoms with Gasteiger partial charge in [0, 0.05) is 29.7 Å². The van der Waals surface area contributed by atoms with Gasteiger partial charge in [-0.2, -0.15) is 0 Å². The van der Waals surface area contributed by atoms with Gasteiger partial charge in [0.15, 0.2) is 0 Å². The number of alkyl halides is 1. The lowest BCUT2D eigenvalue weighted by molar-refractivity contribution is 0.0900. The second-order valence-electron chi connectivity index (χ2n) is 6.57. The van der Waals surface area contributed by atoms with Gasteiger partial charge >= 0.3 is 0 Å². The van der Waals surface area contributed by atoms with E-state index in [0.717, 1.165) is 25.0 Å². The van der Waals surface area contributed by atoms with Gasteiger partial charge in [-0.1, -0.05) is 18.2 Å². The smallest absolute Gasteiger partial charge is 0.113 e. The molecule has 3 heteroatoms. The topological polar surface area (TPSA) is 8.17 Å². The highest BCUT2D eigenvalue weighted by Gasteiger charge is 2.43. The molecule has 2 aromatic rings. The molecule has 21 heavy (non-hydrogen) atoms. The number of para-hydroxylation sites is 1. The average molecular weight is 282 g/mol. The standard InChI is InChI=1S/C18H19FN2/c19-10-12-11-21-16-6-2-1-4-14(16)15-7-9-20-8-3-5-13(12)17(20)18(15)21/h1-2,4,6,11,13,17H,3,5,7-10H2/t13-,17-/m1/s1. The third-order valence-electron chi connectivity index (χ3n) is 5.65. The molecule has 1 fully saturated rings. The van der Waals surface area contributed by atoms with E-state index in [0.29, 0.717) is 12.0 Å². The molecule has 108 valence electrons. The maximum absolute atomic E-state index is 13.6. The summed E-state index contributed by atoms with van der Waals surface area (Å²) in [5, 5.41) is 1.37. The summed E-state index contributed by atoms with van der Waals surface area (Å²) in [5.74, 6) is 0.389. The molecule has 3 aliphatic heterocycles. The van der Waals surface area contributed by atoms with Crippen molar-refractivity contribution >= 4 is 17.1 Å². The minimum atomic E-state index is -0.309. The van der Waals surface area contributed by atoms with Crippen LogP contribution in [0.5, 0.6) is 0 Å². The fraction of sp³-hybridized carbons (Fsp3) is 0.444. The maximum Gasteiger partial charge on any atom is 0.113 e. The summed E-state index contributed by atoms with van der Waals surface area (Å²) in [6.45, 7) is 1.99. The molecule has 0 aliphatic carbocycles. The molecule has 3 aliphatic rings. The van der Waals surface area contributed by atoms with Crippen molar-refractivity contribution in [1.82, 2.24) is 9.47 Å². The number of halogens is 1. The van der Waals surface area contributed by atoms with Crippen LogP contribution in [0.15, 0.2) is 29.8 Å². The third kappa shape index (κ3) is 1.45. The predicted molar refractivity (Wildman–Crippen MR) is 82.9 cm³/mol. The molecule has 1 saturated heterocycles. The van der Waals surface area contributed by atoms with Crippen LogP contribution in [0.25, 0.3) is 17.1 Å². The van der Waals surface area contributed by atoms with Crippen molar-refractivity contribution in [2.45, 2.75) is 25.3 Å². The van der Waals surface area contributed by atoms with Gasteiger partial charge in [0.05, 0.1) is 11.6 Å². The SMILES string of the molecule is FCC1=Cn2c3c(c4ccccc42)CCN2CCC[C@H]1[C@H]32. The van der Waals surface area contributed by atoms with Crippen molar-refractivity contribution in [2.75, 3.05) is 19.8 Å². The largest absolute Gasteiger partial charge is 0.318 e. The third-order valence-corrected chi connectivity index (χ3v) is 5.65. The summed E-state index contributed by atoms with van der Waals surface area (Å²) in [7, 11) is 0. The lowest BCUT2D eigenvalue weighted by atomic mass is 9.77. The lowest BCUT2D eigenvalue weighted by Crippen LogP contribution is -2.45. The van der Waals surface area contributed by atoms with Crippen molar-refractivity contribution in [3.05, 3.63) is 41.1 Å². The van der Waals surface area contributed by atoms with Crippen LogP contribution in [-0.2, 0) is 6.42 Å². The van der Waals surface area contributed by atoms with Crippen LogP contribution < -0.4 is 0 Å². The van der Waals surface area contributed by atoms with Crippen LogP contribution in [0.2, 0.25) is 0 Å². The van der Waals surface area contributed by atoms with Gasteiger partial charge in [0.1, 0.15) is 6.67 Å². The van der Waals surface area contributed by atoms with Gasteiger partial charge in [-0.05, 0) is 43.0 Å². The fourth-order valence-corrected chi connectivity index (χ4v) is 4.79. The van der Waals surface area contributed by atoms with E-state index in [1.807, 2.05) is 0 Å². The summed E-state index contributed by atoms with van der Waals surface area (Å²) in [5.41, 5.74) is 5.20. The molecule has 1 aromatic carbocycles. The Labute approximate surface area is 123 Å². The van der Waals surface area contributed by atoms with E-state index in [1.165, 1.54) is 35.1 Å². The van der Waals surface area contributed by atoms with Crippen molar-refractivity contribution in [3.8, 4) is 0 Å². The first-order valence-electron chi connectivity index (χ1n) is 8.01. The maximum atomic E-state index is 13.6. The van der Waals surface area contributed by atoms with E-state index in [2.05, 4.69) is 39.9 Å². The molecule has 0 unspecified atom stereocenters. The molecule has 2 nitrogen and oxygen atoms in total. The van der Waals surface area contributed by atoms with Crippen LogP contribution in [0.1, 0.15) is 30.1 Å². The predicted octanol–water partition coefficient (Wildman–Crippen LogP) is 3.77. The van der Waals surface area contributed by atoms with Gasteiger partial charge in [-0.3, -0.25) is 4.90 Å². The van der Waals surface area contributed by atoms with Crippen molar-refractivity contribution in [3.63, 3.8) is 0 Å². The minimum absolute atomic E-state index is 0.309. The lowest BCUT2D eigenvalue weighted by Gasteiger charge is -2.47. The first-order chi connectivity index (χ1) is 10.4. The number of rotatable bonds is 1. The monoisotopic (exact) mass is 282 g/mol. The number of hydrogen-bond acceptors (Lipinski definition) is 1. The number of fused-ring (bicyclic) bond motifs is 3. The van der Waals surface area contributed by atoms with E-state index in [9.17, 15) is 4.39 Å². The zero-order valence-electron chi connectivity index (χ0n) is 12.1. The molecular weight excluding hydrogens is 263 g/mol. The van der Waals surface area contributed by atoms with E-state index < -0.39 is 0 Å². The molecular formula is C18H19FN2. The Morgan fingerprint density at radius 3 is 3.00 bits per heavy atom. The van der Waals surface area contributed by atoms with Gasteiger partial charge in [-0.25, -0.2) is 4.39 Å². The van der Waals surface area contributed by atoms with Crippen molar-refractivity contribution in [1.29, 1.82) is 0 Å². The molecule has 0 amide bonds. The first kappa shape index (κ1) is 12.0. The van der Waals surface area contributed by atoms with Crippen LogP contribution in [-0.4, -0.2) is 29.2 Å². The molecule has 0 spiro atoms. The Bertz CT molecular complexity index is 758. The molecule has 5 rings (SSSR count). The Hall–Kier alpha value is -1.61. The normalized spacial score (nSPS) is 27.6. The number of hydrogen-bond donors (Lipinski definition) is 0. The Morgan fingerprint density at radius 2 is 2.10 bits per heavy atom. The minimum Gasteiger partial charge on any atom is -0.318 e. The van der Waals surface area contributed by atoms with Crippen molar-refractivity contribution in [2.24, 2.45) is 5.92 Å². The highest BCUT2D eigenvalue weighted by molar-refractivity contribution is 5.88. The second-order valence-corrected chi connectivity index (χ2v) is 6.57. The van der Waals surface area contributed by atoms with E-state index >= 15 is 0 Å². The van der Waals surface area contributed by atoms with Gasteiger partial charge in [0.2, 0.25) is 0 Å². The highest BCUT2D eigenvalue weighted by atomic mass is 19.1. The average Bonchev–Trinajstić information content (AvgIpc) is 2.88. The molecule has 4 heterocycles. The Morgan fingerprint density at radius 1 is 1.19 bits per heavy atom. The quantitative estimate of drug-likeness (QED) is 0.773. The molecule has 0 saturated carbocycles. The van der Waals surface area contributed by atoms with Crippen LogP contribution in [0.4, 0.5) is 4.39 Å². The summed E-state index contributed by atoms with van der Waals surface area (Å²) >= 11 is 0. The van der Waals surface area contributed by atoms with E-state index in [1.54, 1.807) is 0 Å². The van der Waals surface area contributed by atoms with E-state index in [4.69, 9.17) is 0 Å². The fourth-order valence-electron chi connectivity index (χ4n) is 4.79. The van der Waals surface area contributed by atoms with Gasteiger partial charge in [0.25, 0.3) is 0 Å². The summed E-state index contributed by atoms with van der Waals surface area (Å²) in [6, 6.07) is 9.02. The number of nitrogens with zero attached hydrogens (tertiary/aromatic N) is 2. The zero-order chi connectivity index (χ0) is 14.0. The number of benzene rings is 1. The van der Waals surface area contributed by atoms with Gasteiger partial charge < -0.3 is 4.57 Å². The zero-order valence-corrected chi connectivity index (χ0v) is 12.1. The Kier molecular flexibility index (Phi) is 2.40. The van der Waals surface area contributed by atoms with Crippen LogP contribution >= 0.6 is 0 Å². The highest BCUT2D eigenvalue weighted by Crippen LogP contribution is 2.49. The Balaban J connectivity index is 1.86. The molecule has 0 radical (unpaired) electrons. The van der Waals surface area contributed by atoms with Crippen LogP contribution in [0.3, 0.4) is 0 Å². The van der Waals surface area contributed by atoms with Gasteiger partial charge in [-0.15, -0.1) is 0 Å². The summed E-state index contributed by atoms with van der Waals surface area (Å²) < 4.78 is 15.9. The molecule has 0 N–H and O–H groups in total. The first-order valence-corrected chi connectivity index (χ1v) is 8.01.